The maximum absolute atomic E-state index is 4.20. The highest BCUT2D eigenvalue weighted by molar-refractivity contribution is 7.80. The monoisotopic (exact) mass is 153 g/mol. The molecule has 1 aromatic heterocycles. The lowest BCUT2D eigenvalue weighted by Gasteiger charge is -2.05. The lowest BCUT2D eigenvalue weighted by atomic mass is 10.1. The molecule has 0 aliphatic carbocycles. The Bertz CT molecular complexity index is 186. The van der Waals surface area contributed by atoms with Crippen molar-refractivity contribution in [2.24, 2.45) is 0 Å². The minimum atomic E-state index is 0.511. The molecule has 0 radical (unpaired) electrons. The van der Waals surface area contributed by atoms with Gasteiger partial charge in [-0.15, -0.1) is 0 Å². The molecule has 10 heavy (non-hydrogen) atoms. The van der Waals surface area contributed by atoms with Gasteiger partial charge in [-0.05, 0) is 23.3 Å². The number of nitrogens with zero attached hydrogens (tertiary/aromatic N) is 1. The van der Waals surface area contributed by atoms with Crippen molar-refractivity contribution in [3.8, 4) is 0 Å². The Morgan fingerprint density at radius 3 is 3.00 bits per heavy atom. The average Bonchev–Trinajstić information content (AvgIpc) is 2.05. The Balaban J connectivity index is 2.75. The van der Waals surface area contributed by atoms with E-state index in [0.717, 1.165) is 5.75 Å². The van der Waals surface area contributed by atoms with Crippen molar-refractivity contribution < 1.29 is 0 Å². The molecule has 1 atom stereocenters. The molecule has 1 unspecified atom stereocenters. The van der Waals surface area contributed by atoms with Crippen molar-refractivity contribution in [3.63, 3.8) is 0 Å². The Hall–Kier alpha value is -0.500. The molecule has 0 saturated carbocycles. The van der Waals surface area contributed by atoms with Gasteiger partial charge in [0.15, 0.2) is 0 Å². The van der Waals surface area contributed by atoms with Crippen molar-refractivity contribution in [1.82, 2.24) is 4.98 Å². The first-order chi connectivity index (χ1) is 4.84. The molecule has 0 saturated heterocycles. The molecular formula is C8H11NS. The maximum Gasteiger partial charge on any atom is 0.0302 e. The van der Waals surface area contributed by atoms with E-state index >= 15 is 0 Å². The molecule has 1 rings (SSSR count). The predicted octanol–water partition coefficient (Wildman–Crippen LogP) is 2.11. The molecule has 0 aromatic carbocycles. The van der Waals surface area contributed by atoms with Crippen LogP contribution in [0.15, 0.2) is 24.5 Å². The standard InChI is InChI=1S/C8H11NS/c1-7(6-10)8-3-2-4-9-5-8/h2-5,7,10H,6H2,1H3. The van der Waals surface area contributed by atoms with E-state index in [1.807, 2.05) is 12.3 Å². The van der Waals surface area contributed by atoms with Crippen molar-refractivity contribution in [1.29, 1.82) is 0 Å². The van der Waals surface area contributed by atoms with Crippen molar-refractivity contribution in [2.45, 2.75) is 12.8 Å². The molecule has 0 aliphatic rings. The van der Waals surface area contributed by atoms with Crippen LogP contribution in [-0.2, 0) is 0 Å². The fourth-order valence-electron chi connectivity index (χ4n) is 0.773. The van der Waals surface area contributed by atoms with Gasteiger partial charge in [0.25, 0.3) is 0 Å². The lowest BCUT2D eigenvalue weighted by Crippen LogP contribution is -1.94. The van der Waals surface area contributed by atoms with Crippen molar-refractivity contribution in [3.05, 3.63) is 30.1 Å². The summed E-state index contributed by atoms with van der Waals surface area (Å²) in [5, 5.41) is 0. The Kier molecular flexibility index (Phi) is 2.75. The van der Waals surface area contributed by atoms with Crippen LogP contribution >= 0.6 is 12.6 Å². The van der Waals surface area contributed by atoms with E-state index in [-0.39, 0.29) is 0 Å². The van der Waals surface area contributed by atoms with Crippen LogP contribution in [0, 0.1) is 0 Å². The number of rotatable bonds is 2. The largest absolute Gasteiger partial charge is 0.264 e. The summed E-state index contributed by atoms with van der Waals surface area (Å²) >= 11 is 4.20. The molecule has 0 spiro atoms. The summed E-state index contributed by atoms with van der Waals surface area (Å²) in [7, 11) is 0. The van der Waals surface area contributed by atoms with Crippen LogP contribution in [0.25, 0.3) is 0 Å². The normalized spacial score (nSPS) is 13.0. The first-order valence-corrected chi connectivity index (χ1v) is 3.98. The minimum Gasteiger partial charge on any atom is -0.264 e. The van der Waals surface area contributed by atoms with E-state index in [1.165, 1.54) is 5.56 Å². The third kappa shape index (κ3) is 1.74. The van der Waals surface area contributed by atoms with Crippen LogP contribution in [0.3, 0.4) is 0 Å². The molecule has 0 amide bonds. The molecule has 1 heterocycles. The molecule has 54 valence electrons. The van der Waals surface area contributed by atoms with E-state index in [9.17, 15) is 0 Å². The number of thiol groups is 1. The van der Waals surface area contributed by atoms with E-state index in [0.29, 0.717) is 5.92 Å². The fourth-order valence-corrected chi connectivity index (χ4v) is 0.984. The lowest BCUT2D eigenvalue weighted by molar-refractivity contribution is 0.875. The second-order valence-corrected chi connectivity index (χ2v) is 2.74. The second kappa shape index (κ2) is 3.62. The summed E-state index contributed by atoms with van der Waals surface area (Å²) in [6, 6.07) is 4.03. The summed E-state index contributed by atoms with van der Waals surface area (Å²) in [6.45, 7) is 2.14. The van der Waals surface area contributed by atoms with Gasteiger partial charge in [-0.3, -0.25) is 4.98 Å². The van der Waals surface area contributed by atoms with Gasteiger partial charge in [-0.1, -0.05) is 13.0 Å². The van der Waals surface area contributed by atoms with E-state index in [1.54, 1.807) is 6.20 Å². The SMILES string of the molecule is CC(CS)c1cccnc1. The van der Waals surface area contributed by atoms with Gasteiger partial charge in [-0.2, -0.15) is 12.6 Å². The quantitative estimate of drug-likeness (QED) is 0.642. The maximum atomic E-state index is 4.20. The summed E-state index contributed by atoms with van der Waals surface area (Å²) in [4.78, 5) is 4.02. The Morgan fingerprint density at radius 2 is 2.50 bits per heavy atom. The minimum absolute atomic E-state index is 0.511. The van der Waals surface area contributed by atoms with Crippen molar-refractivity contribution in [2.75, 3.05) is 5.75 Å². The Labute approximate surface area is 66.9 Å². The topological polar surface area (TPSA) is 12.9 Å². The smallest absolute Gasteiger partial charge is 0.0302 e. The summed E-state index contributed by atoms with van der Waals surface area (Å²) in [5.41, 5.74) is 1.26. The van der Waals surface area contributed by atoms with Crippen LogP contribution in [-0.4, -0.2) is 10.7 Å². The Morgan fingerprint density at radius 1 is 1.70 bits per heavy atom. The number of aromatic nitrogens is 1. The third-order valence-corrected chi connectivity index (χ3v) is 2.08. The van der Waals surface area contributed by atoms with Gasteiger partial charge in [0.2, 0.25) is 0 Å². The van der Waals surface area contributed by atoms with Crippen LogP contribution in [0.1, 0.15) is 18.4 Å². The first kappa shape index (κ1) is 7.61. The molecule has 0 aliphatic heterocycles. The van der Waals surface area contributed by atoms with Gasteiger partial charge in [-0.25, -0.2) is 0 Å². The number of hydrogen-bond acceptors (Lipinski definition) is 2. The average molecular weight is 153 g/mol. The highest BCUT2D eigenvalue weighted by atomic mass is 32.1. The summed E-state index contributed by atoms with van der Waals surface area (Å²) in [5.74, 6) is 1.39. The van der Waals surface area contributed by atoms with E-state index in [4.69, 9.17) is 0 Å². The molecule has 0 bridgehead atoms. The number of pyridine rings is 1. The molecule has 1 aromatic rings. The zero-order valence-electron chi connectivity index (χ0n) is 5.99. The predicted molar refractivity (Wildman–Crippen MR) is 46.5 cm³/mol. The highest BCUT2D eigenvalue weighted by Crippen LogP contribution is 2.13. The van der Waals surface area contributed by atoms with E-state index < -0.39 is 0 Å². The molecule has 0 fully saturated rings. The van der Waals surface area contributed by atoms with Crippen molar-refractivity contribution >= 4 is 12.6 Å². The van der Waals surface area contributed by atoms with Crippen LogP contribution in [0.4, 0.5) is 0 Å². The van der Waals surface area contributed by atoms with Gasteiger partial charge >= 0.3 is 0 Å². The first-order valence-electron chi connectivity index (χ1n) is 3.35. The summed E-state index contributed by atoms with van der Waals surface area (Å²) in [6.07, 6.45) is 3.68. The molecule has 1 nitrogen and oxygen atoms in total. The fraction of sp³-hybridized carbons (Fsp3) is 0.375. The molecular weight excluding hydrogens is 142 g/mol. The molecule has 0 N–H and O–H groups in total. The van der Waals surface area contributed by atoms with Gasteiger partial charge in [0.1, 0.15) is 0 Å². The van der Waals surface area contributed by atoms with Gasteiger partial charge in [0, 0.05) is 12.4 Å². The second-order valence-electron chi connectivity index (χ2n) is 2.37. The molecule has 2 heteroatoms. The van der Waals surface area contributed by atoms with Crippen LogP contribution in [0.2, 0.25) is 0 Å². The van der Waals surface area contributed by atoms with Crippen LogP contribution < -0.4 is 0 Å². The van der Waals surface area contributed by atoms with Crippen LogP contribution in [0.5, 0.6) is 0 Å². The van der Waals surface area contributed by atoms with Gasteiger partial charge < -0.3 is 0 Å². The zero-order valence-corrected chi connectivity index (χ0v) is 6.88. The highest BCUT2D eigenvalue weighted by Gasteiger charge is 2.00. The third-order valence-electron chi connectivity index (χ3n) is 1.53. The van der Waals surface area contributed by atoms with Gasteiger partial charge in [0.05, 0.1) is 0 Å². The number of hydrogen-bond donors (Lipinski definition) is 1. The summed E-state index contributed by atoms with van der Waals surface area (Å²) < 4.78 is 0. The van der Waals surface area contributed by atoms with E-state index in [2.05, 4.69) is 30.6 Å². The zero-order chi connectivity index (χ0) is 7.40.